The molecule has 2 aliphatic heterocycles. The van der Waals surface area contributed by atoms with Crippen molar-refractivity contribution in [2.75, 3.05) is 25.9 Å². The summed E-state index contributed by atoms with van der Waals surface area (Å²) in [4.78, 5) is 33.0. The second kappa shape index (κ2) is 9.41. The highest BCUT2D eigenvalue weighted by Gasteiger charge is 2.51. The molecule has 8 nitrogen and oxygen atoms in total. The van der Waals surface area contributed by atoms with Crippen LogP contribution in [0.5, 0.6) is 0 Å². The van der Waals surface area contributed by atoms with Gasteiger partial charge in [-0.15, -0.1) is 0 Å². The fourth-order valence-corrected chi connectivity index (χ4v) is 7.74. The van der Waals surface area contributed by atoms with Crippen LogP contribution in [0.3, 0.4) is 0 Å². The highest BCUT2D eigenvalue weighted by Crippen LogP contribution is 2.34. The summed E-state index contributed by atoms with van der Waals surface area (Å²) in [5, 5.41) is 3.85. The first kappa shape index (κ1) is 25.1. The van der Waals surface area contributed by atoms with Crippen LogP contribution in [0.4, 0.5) is 0 Å². The molecule has 0 bridgehead atoms. The number of hydrogen-bond acceptors (Lipinski definition) is 6. The van der Waals surface area contributed by atoms with E-state index in [1.54, 1.807) is 48.5 Å². The highest BCUT2D eigenvalue weighted by molar-refractivity contribution is 7.91. The Morgan fingerprint density at radius 1 is 1.11 bits per heavy atom. The normalized spacial score (nSPS) is 18.1. The molecule has 1 fully saturated rings. The number of nitrogens with zero attached hydrogens (tertiary/aromatic N) is 4. The Bertz CT molecular complexity index is 1550. The number of rotatable bonds is 5. The zero-order chi connectivity index (χ0) is 25.7. The van der Waals surface area contributed by atoms with E-state index in [-0.39, 0.29) is 33.5 Å². The summed E-state index contributed by atoms with van der Waals surface area (Å²) in [5.41, 5.74) is 0.852. The van der Waals surface area contributed by atoms with Crippen molar-refractivity contribution in [1.82, 2.24) is 9.58 Å². The average molecular weight is 548 g/mol. The molecular formula is C25H28ClN4O4S2+. The average Bonchev–Trinajstić information content (AvgIpc) is 3.38. The third kappa shape index (κ3) is 4.19. The SMILES string of the molecule is C/N=c1\sc2c(n1C)CN([N+]1(C(=O)CCS(=O)(=O)c3ccc4cc(Cl)ccc4c3)CCCCC1)C2=O. The first-order valence-electron chi connectivity index (χ1n) is 11.9. The molecule has 0 unspecified atom stereocenters. The van der Waals surface area contributed by atoms with E-state index in [2.05, 4.69) is 4.99 Å². The van der Waals surface area contributed by atoms with Crippen molar-refractivity contribution in [1.29, 1.82) is 0 Å². The Hall–Kier alpha value is -2.53. The number of aromatic nitrogens is 1. The van der Waals surface area contributed by atoms with E-state index in [1.807, 2.05) is 11.6 Å². The van der Waals surface area contributed by atoms with E-state index in [0.29, 0.717) is 29.5 Å². The first-order valence-corrected chi connectivity index (χ1v) is 14.8. The molecule has 2 aromatic carbocycles. The summed E-state index contributed by atoms with van der Waals surface area (Å²) >= 11 is 7.37. The summed E-state index contributed by atoms with van der Waals surface area (Å²) in [6.45, 7) is 1.33. The van der Waals surface area contributed by atoms with Gasteiger partial charge in [0.15, 0.2) is 14.6 Å². The second-order valence-electron chi connectivity index (χ2n) is 9.35. The van der Waals surface area contributed by atoms with Crippen LogP contribution < -0.4 is 4.80 Å². The molecule has 11 heteroatoms. The number of halogens is 1. The number of hydrogen-bond donors (Lipinski definition) is 0. The lowest BCUT2D eigenvalue weighted by Gasteiger charge is -2.43. The lowest BCUT2D eigenvalue weighted by atomic mass is 10.1. The molecule has 2 amide bonds. The first-order chi connectivity index (χ1) is 17.2. The number of carbonyl (C=O) groups excluding carboxylic acids is 2. The predicted molar refractivity (Wildman–Crippen MR) is 139 cm³/mol. The molecule has 0 aliphatic carbocycles. The molecule has 0 atom stereocenters. The van der Waals surface area contributed by atoms with Crippen molar-refractivity contribution in [2.24, 2.45) is 12.0 Å². The standard InChI is InChI=1S/C25H28ClN4O4S2/c1-27-25-28(2)21-16-29(24(32)23(21)35-25)30(11-4-3-5-12-30)22(31)10-13-36(33,34)20-9-7-17-14-19(26)8-6-18(17)15-20/h6-9,14-15H,3-5,10-13,16H2,1-2H3/q+1/b27-25-. The van der Waals surface area contributed by atoms with Gasteiger partial charge in [-0.1, -0.05) is 35.1 Å². The highest BCUT2D eigenvalue weighted by atomic mass is 35.5. The van der Waals surface area contributed by atoms with Crippen LogP contribution in [-0.2, 0) is 28.2 Å². The smallest absolute Gasteiger partial charge is 0.321 e. The van der Waals surface area contributed by atoms with Crippen LogP contribution in [0, 0.1) is 0 Å². The maximum Gasteiger partial charge on any atom is 0.339 e. The van der Waals surface area contributed by atoms with Gasteiger partial charge < -0.3 is 4.57 Å². The van der Waals surface area contributed by atoms with Crippen LogP contribution in [0.1, 0.15) is 41.0 Å². The molecule has 3 aromatic rings. The van der Waals surface area contributed by atoms with Gasteiger partial charge in [-0.3, -0.25) is 9.79 Å². The van der Waals surface area contributed by atoms with E-state index in [9.17, 15) is 18.0 Å². The topological polar surface area (TPSA) is 88.8 Å². The van der Waals surface area contributed by atoms with Gasteiger partial charge in [0, 0.05) is 19.1 Å². The molecule has 5 rings (SSSR count). The number of quaternary nitrogens is 1. The van der Waals surface area contributed by atoms with Gasteiger partial charge in [0.25, 0.3) is 0 Å². The Morgan fingerprint density at radius 3 is 2.50 bits per heavy atom. The van der Waals surface area contributed by atoms with Crippen molar-refractivity contribution < 1.29 is 22.6 Å². The third-order valence-electron chi connectivity index (χ3n) is 7.27. The number of amides is 2. The van der Waals surface area contributed by atoms with Crippen molar-refractivity contribution in [3.8, 4) is 0 Å². The molecule has 3 heterocycles. The van der Waals surface area contributed by atoms with Gasteiger partial charge in [0.1, 0.15) is 24.5 Å². The summed E-state index contributed by atoms with van der Waals surface area (Å²) < 4.78 is 28.2. The van der Waals surface area contributed by atoms with Crippen LogP contribution in [0.2, 0.25) is 5.02 Å². The maximum absolute atomic E-state index is 13.7. The van der Waals surface area contributed by atoms with Gasteiger partial charge in [-0.05, 0) is 54.3 Å². The monoisotopic (exact) mass is 547 g/mol. The number of fused-ring (bicyclic) bond motifs is 2. The lowest BCUT2D eigenvalue weighted by Crippen LogP contribution is -2.66. The molecule has 0 N–H and O–H groups in total. The zero-order valence-corrected chi connectivity index (χ0v) is 22.6. The fraction of sp³-hybridized carbons (Fsp3) is 0.400. The van der Waals surface area contributed by atoms with E-state index >= 15 is 0 Å². The van der Waals surface area contributed by atoms with Gasteiger partial charge in [0.05, 0.1) is 22.8 Å². The van der Waals surface area contributed by atoms with E-state index in [4.69, 9.17) is 11.6 Å². The molecule has 190 valence electrons. The number of sulfone groups is 1. The summed E-state index contributed by atoms with van der Waals surface area (Å²) in [5.74, 6) is -0.703. The number of likely N-dealkylation sites (tertiary alicyclic amines) is 1. The van der Waals surface area contributed by atoms with Gasteiger partial charge in [0.2, 0.25) is 0 Å². The Morgan fingerprint density at radius 2 is 1.81 bits per heavy atom. The molecule has 36 heavy (non-hydrogen) atoms. The number of thiazole rings is 1. The van der Waals surface area contributed by atoms with Crippen LogP contribution in [0.25, 0.3) is 10.8 Å². The number of carbonyl (C=O) groups is 2. The van der Waals surface area contributed by atoms with E-state index in [0.717, 1.165) is 40.5 Å². The van der Waals surface area contributed by atoms with Crippen LogP contribution in [-0.4, -0.2) is 60.3 Å². The lowest BCUT2D eigenvalue weighted by molar-refractivity contribution is -0.961. The largest absolute Gasteiger partial charge is 0.339 e. The quantitative estimate of drug-likeness (QED) is 0.456. The van der Waals surface area contributed by atoms with Gasteiger partial charge >= 0.3 is 11.8 Å². The van der Waals surface area contributed by atoms with Crippen molar-refractivity contribution in [3.63, 3.8) is 0 Å². The van der Waals surface area contributed by atoms with Crippen molar-refractivity contribution in [2.45, 2.75) is 37.1 Å². The summed E-state index contributed by atoms with van der Waals surface area (Å²) in [6.07, 6.45) is 2.46. The van der Waals surface area contributed by atoms with Crippen molar-refractivity contribution >= 4 is 55.4 Å². The molecule has 2 aliphatic rings. The number of benzene rings is 2. The molecular weight excluding hydrogens is 520 g/mol. The minimum absolute atomic E-state index is 0.107. The van der Waals surface area contributed by atoms with E-state index in [1.165, 1.54) is 11.3 Å². The predicted octanol–water partition coefficient (Wildman–Crippen LogP) is 3.69. The van der Waals surface area contributed by atoms with Crippen LogP contribution >= 0.6 is 22.9 Å². The minimum atomic E-state index is -3.70. The molecule has 1 saturated heterocycles. The maximum atomic E-state index is 13.7. The van der Waals surface area contributed by atoms with Crippen LogP contribution in [0.15, 0.2) is 46.3 Å². The summed E-state index contributed by atoms with van der Waals surface area (Å²) in [7, 11) is -0.133. The second-order valence-corrected chi connectivity index (χ2v) is 12.9. The molecule has 0 saturated carbocycles. The Labute approximate surface area is 218 Å². The van der Waals surface area contributed by atoms with E-state index < -0.39 is 9.84 Å². The van der Waals surface area contributed by atoms with Gasteiger partial charge in [-0.2, -0.15) is 9.60 Å². The van der Waals surface area contributed by atoms with Gasteiger partial charge in [-0.25, -0.2) is 13.2 Å². The third-order valence-corrected chi connectivity index (χ3v) is 10.5. The Kier molecular flexibility index (Phi) is 6.57. The Balaban J connectivity index is 1.39. The molecule has 0 radical (unpaired) electrons. The minimum Gasteiger partial charge on any atom is -0.321 e. The molecule has 0 spiro atoms. The fourth-order valence-electron chi connectivity index (χ4n) is 5.26. The van der Waals surface area contributed by atoms with Crippen molar-refractivity contribution in [3.05, 3.63) is 56.8 Å². The molecule has 1 aromatic heterocycles. The number of piperidine rings is 1. The summed E-state index contributed by atoms with van der Waals surface area (Å²) in [6, 6.07) is 10.2. The zero-order valence-electron chi connectivity index (χ0n) is 20.2.